The van der Waals surface area contributed by atoms with Crippen molar-refractivity contribution < 1.29 is 39.9 Å². The SMILES string of the molecule is O=C(Nc1c(F)c(F)c(C(F)(F)F)c(F)c1F)c1ccc(CN2CCCC2)o1. The van der Waals surface area contributed by atoms with Crippen LogP contribution in [0.5, 0.6) is 0 Å². The first-order valence-electron chi connectivity index (χ1n) is 8.15. The first-order chi connectivity index (χ1) is 13.1. The quantitative estimate of drug-likeness (QED) is 0.587. The fourth-order valence-corrected chi connectivity index (χ4v) is 2.91. The Hall–Kier alpha value is -2.56. The summed E-state index contributed by atoms with van der Waals surface area (Å²) in [6, 6.07) is 2.61. The summed E-state index contributed by atoms with van der Waals surface area (Å²) >= 11 is 0. The number of hydrogen-bond acceptors (Lipinski definition) is 3. The average Bonchev–Trinajstić information content (AvgIpc) is 3.28. The highest BCUT2D eigenvalue weighted by Gasteiger charge is 2.42. The molecule has 0 unspecified atom stereocenters. The van der Waals surface area contributed by atoms with Crippen molar-refractivity contribution in [1.29, 1.82) is 0 Å². The van der Waals surface area contributed by atoms with Crippen LogP contribution < -0.4 is 5.32 Å². The third-order valence-corrected chi connectivity index (χ3v) is 4.25. The van der Waals surface area contributed by atoms with Gasteiger partial charge in [0.05, 0.1) is 6.54 Å². The molecule has 0 bridgehead atoms. The predicted octanol–water partition coefficient (Wildman–Crippen LogP) is 4.70. The van der Waals surface area contributed by atoms with Gasteiger partial charge < -0.3 is 9.73 Å². The Kier molecular flexibility index (Phi) is 5.37. The molecular weight excluding hydrogens is 397 g/mol. The van der Waals surface area contributed by atoms with Crippen molar-refractivity contribution >= 4 is 11.6 Å². The van der Waals surface area contributed by atoms with E-state index in [1.54, 1.807) is 0 Å². The summed E-state index contributed by atoms with van der Waals surface area (Å²) in [5.41, 5.74) is -4.39. The summed E-state index contributed by atoms with van der Waals surface area (Å²) in [4.78, 5) is 14.1. The minimum Gasteiger partial charge on any atom is -0.455 e. The van der Waals surface area contributed by atoms with E-state index in [2.05, 4.69) is 0 Å². The van der Waals surface area contributed by atoms with E-state index in [0.29, 0.717) is 12.3 Å². The van der Waals surface area contributed by atoms with Gasteiger partial charge in [-0.2, -0.15) is 13.2 Å². The van der Waals surface area contributed by atoms with Gasteiger partial charge in [0.25, 0.3) is 5.91 Å². The van der Waals surface area contributed by atoms with Gasteiger partial charge >= 0.3 is 6.18 Å². The summed E-state index contributed by atoms with van der Waals surface area (Å²) in [5, 5.41) is 1.52. The molecule has 1 aromatic carbocycles. The Labute approximate surface area is 153 Å². The van der Waals surface area contributed by atoms with Crippen LogP contribution >= 0.6 is 0 Å². The predicted molar refractivity (Wildman–Crippen MR) is 82.4 cm³/mol. The lowest BCUT2D eigenvalue weighted by atomic mass is 10.1. The third-order valence-electron chi connectivity index (χ3n) is 4.25. The molecule has 0 aliphatic carbocycles. The van der Waals surface area contributed by atoms with E-state index in [-0.39, 0.29) is 0 Å². The number of likely N-dealkylation sites (tertiary alicyclic amines) is 1. The standard InChI is InChI=1S/C17H13F7N2O2/c18-11-10(17(22,23)24)12(19)14(21)15(13(11)20)25-16(27)9-4-3-8(28-9)7-26-5-1-2-6-26/h3-4H,1-2,5-7H2,(H,25,27). The van der Waals surface area contributed by atoms with Gasteiger partial charge in [0.15, 0.2) is 29.0 Å². The average molecular weight is 410 g/mol. The topological polar surface area (TPSA) is 45.5 Å². The van der Waals surface area contributed by atoms with Crippen LogP contribution in [0.4, 0.5) is 36.4 Å². The van der Waals surface area contributed by atoms with Crippen LogP contribution in [0.15, 0.2) is 16.5 Å². The maximum atomic E-state index is 13.9. The molecule has 4 nitrogen and oxygen atoms in total. The molecule has 1 aromatic heterocycles. The molecule has 152 valence electrons. The summed E-state index contributed by atoms with van der Waals surface area (Å²) in [5.74, 6) is -11.4. The Morgan fingerprint density at radius 3 is 2.11 bits per heavy atom. The number of halogens is 7. The summed E-state index contributed by atoms with van der Waals surface area (Å²) in [6.45, 7) is 2.06. The van der Waals surface area contributed by atoms with Crippen LogP contribution in [0.25, 0.3) is 0 Å². The molecule has 0 spiro atoms. The number of benzene rings is 1. The number of carbonyl (C=O) groups is 1. The van der Waals surface area contributed by atoms with Crippen molar-refractivity contribution in [3.63, 3.8) is 0 Å². The van der Waals surface area contributed by atoms with E-state index < -0.39 is 52.4 Å². The molecule has 2 aromatic rings. The molecule has 0 radical (unpaired) electrons. The van der Waals surface area contributed by atoms with Crippen LogP contribution in [-0.2, 0) is 12.7 Å². The number of furan rings is 1. The zero-order valence-corrected chi connectivity index (χ0v) is 14.1. The molecule has 0 saturated carbocycles. The lowest BCUT2D eigenvalue weighted by Crippen LogP contribution is -2.20. The fraction of sp³-hybridized carbons (Fsp3) is 0.353. The van der Waals surface area contributed by atoms with E-state index in [1.165, 1.54) is 17.4 Å². The number of carbonyl (C=O) groups excluding carboxylic acids is 1. The Balaban J connectivity index is 1.83. The largest absolute Gasteiger partial charge is 0.455 e. The Morgan fingerprint density at radius 2 is 1.57 bits per heavy atom. The maximum Gasteiger partial charge on any atom is 0.422 e. The number of nitrogens with one attached hydrogen (secondary N) is 1. The maximum absolute atomic E-state index is 13.9. The molecule has 28 heavy (non-hydrogen) atoms. The summed E-state index contributed by atoms with van der Waals surface area (Å²) in [6.07, 6.45) is -3.64. The monoisotopic (exact) mass is 410 g/mol. The van der Waals surface area contributed by atoms with Crippen molar-refractivity contribution in [3.8, 4) is 0 Å². The highest BCUT2D eigenvalue weighted by Crippen LogP contribution is 2.38. The number of nitrogens with zero attached hydrogens (tertiary/aromatic N) is 1. The molecule has 1 aliphatic heterocycles. The van der Waals surface area contributed by atoms with Crippen LogP contribution in [0.3, 0.4) is 0 Å². The molecule has 1 aliphatic rings. The zero-order chi connectivity index (χ0) is 20.6. The Morgan fingerprint density at radius 1 is 1.00 bits per heavy atom. The van der Waals surface area contributed by atoms with Gasteiger partial charge in [0.1, 0.15) is 17.0 Å². The molecule has 3 rings (SSSR count). The van der Waals surface area contributed by atoms with Gasteiger partial charge in [-0.3, -0.25) is 9.69 Å². The Bertz CT molecular complexity index is 873. The van der Waals surface area contributed by atoms with E-state index in [4.69, 9.17) is 4.42 Å². The first kappa shape index (κ1) is 20.2. The number of rotatable bonds is 4. The van der Waals surface area contributed by atoms with Crippen LogP contribution in [-0.4, -0.2) is 23.9 Å². The molecular formula is C17H13F7N2O2. The van der Waals surface area contributed by atoms with Crippen molar-refractivity contribution in [2.75, 3.05) is 18.4 Å². The second-order valence-electron chi connectivity index (χ2n) is 6.21. The van der Waals surface area contributed by atoms with Crippen molar-refractivity contribution in [2.24, 2.45) is 0 Å². The molecule has 1 fully saturated rings. The summed E-state index contributed by atoms with van der Waals surface area (Å²) < 4.78 is 97.9. The number of anilines is 1. The van der Waals surface area contributed by atoms with E-state index in [9.17, 15) is 35.5 Å². The lowest BCUT2D eigenvalue weighted by Gasteiger charge is -2.14. The second-order valence-corrected chi connectivity index (χ2v) is 6.21. The highest BCUT2D eigenvalue weighted by atomic mass is 19.4. The minimum atomic E-state index is -5.66. The van der Waals surface area contributed by atoms with Gasteiger partial charge in [-0.1, -0.05) is 0 Å². The van der Waals surface area contributed by atoms with Crippen molar-refractivity contribution in [2.45, 2.75) is 25.6 Å². The van der Waals surface area contributed by atoms with E-state index in [0.717, 1.165) is 25.9 Å². The first-order valence-corrected chi connectivity index (χ1v) is 8.15. The molecule has 0 atom stereocenters. The third kappa shape index (κ3) is 3.84. The van der Waals surface area contributed by atoms with Crippen molar-refractivity contribution in [1.82, 2.24) is 4.90 Å². The van der Waals surface area contributed by atoms with Crippen LogP contribution in [0.2, 0.25) is 0 Å². The van der Waals surface area contributed by atoms with Gasteiger partial charge in [-0.15, -0.1) is 0 Å². The van der Waals surface area contributed by atoms with Gasteiger partial charge in [-0.05, 0) is 38.1 Å². The molecule has 1 N–H and O–H groups in total. The van der Waals surface area contributed by atoms with Gasteiger partial charge in [0, 0.05) is 0 Å². The number of hydrogen-bond donors (Lipinski definition) is 1. The van der Waals surface area contributed by atoms with E-state index >= 15 is 0 Å². The highest BCUT2D eigenvalue weighted by molar-refractivity contribution is 6.02. The fourth-order valence-electron chi connectivity index (χ4n) is 2.91. The molecule has 2 heterocycles. The number of alkyl halides is 3. The van der Waals surface area contributed by atoms with Crippen molar-refractivity contribution in [3.05, 3.63) is 52.5 Å². The second kappa shape index (κ2) is 7.46. The smallest absolute Gasteiger partial charge is 0.422 e. The van der Waals surface area contributed by atoms with Crippen LogP contribution in [0.1, 0.15) is 34.7 Å². The number of amides is 1. The lowest BCUT2D eigenvalue weighted by molar-refractivity contribution is -0.143. The zero-order valence-electron chi connectivity index (χ0n) is 14.1. The van der Waals surface area contributed by atoms with Crippen LogP contribution in [0, 0.1) is 23.3 Å². The molecule has 1 amide bonds. The van der Waals surface area contributed by atoms with Gasteiger partial charge in [0.2, 0.25) is 0 Å². The normalized spacial score (nSPS) is 15.2. The minimum absolute atomic E-state index is 0.373. The summed E-state index contributed by atoms with van der Waals surface area (Å²) in [7, 11) is 0. The van der Waals surface area contributed by atoms with E-state index in [1.807, 2.05) is 4.90 Å². The van der Waals surface area contributed by atoms with Gasteiger partial charge in [-0.25, -0.2) is 17.6 Å². The molecule has 11 heteroatoms. The molecule has 1 saturated heterocycles.